The molecule has 0 saturated carbocycles. The fourth-order valence-corrected chi connectivity index (χ4v) is 2.60. The molecule has 2 N–H and O–H groups in total. The minimum atomic E-state index is -0.598. The van der Waals surface area contributed by atoms with Crippen molar-refractivity contribution >= 4 is 35.6 Å². The number of nitrogens with zero attached hydrogens (tertiary/aromatic N) is 1. The van der Waals surface area contributed by atoms with Gasteiger partial charge in [-0.2, -0.15) is 0 Å². The molecule has 1 aromatic carbocycles. The maximum Gasteiger partial charge on any atom is 0.283 e. The Bertz CT molecular complexity index is 519. The monoisotopic (exact) mass is 333 g/mol. The van der Waals surface area contributed by atoms with Crippen LogP contribution in [0.4, 0.5) is 5.69 Å². The molecule has 1 fully saturated rings. The lowest BCUT2D eigenvalue weighted by Gasteiger charge is -2.11. The molecule has 0 unspecified atom stereocenters. The molecule has 0 bridgehead atoms. The summed E-state index contributed by atoms with van der Waals surface area (Å²) in [5, 5.41) is 17.0. The van der Waals surface area contributed by atoms with E-state index in [-0.39, 0.29) is 28.7 Å². The van der Waals surface area contributed by atoms with Gasteiger partial charge in [0.25, 0.3) is 11.6 Å². The molecule has 21 heavy (non-hydrogen) atoms. The molecule has 8 heteroatoms. The van der Waals surface area contributed by atoms with Gasteiger partial charge in [0.15, 0.2) is 0 Å². The molecule has 2 rings (SSSR count). The van der Waals surface area contributed by atoms with Crippen LogP contribution in [0.3, 0.4) is 0 Å². The van der Waals surface area contributed by atoms with Gasteiger partial charge in [-0.15, -0.1) is 12.4 Å². The Balaban J connectivity index is 0.00000220. The second-order valence-electron chi connectivity index (χ2n) is 4.73. The van der Waals surface area contributed by atoms with Gasteiger partial charge < -0.3 is 10.6 Å². The van der Waals surface area contributed by atoms with Crippen molar-refractivity contribution in [1.29, 1.82) is 0 Å². The summed E-state index contributed by atoms with van der Waals surface area (Å²) in [4.78, 5) is 22.4. The minimum Gasteiger partial charge on any atom is -0.352 e. The van der Waals surface area contributed by atoms with Crippen LogP contribution < -0.4 is 10.6 Å². The summed E-state index contributed by atoms with van der Waals surface area (Å²) < 4.78 is 0. The summed E-state index contributed by atoms with van der Waals surface area (Å²) in [6, 6.07) is 4.62. The van der Waals surface area contributed by atoms with E-state index in [1.807, 2.05) is 0 Å². The lowest BCUT2D eigenvalue weighted by atomic mass is 10.1. The summed E-state index contributed by atoms with van der Waals surface area (Å²) in [5.41, 5.74) is -0.340. The van der Waals surface area contributed by atoms with E-state index in [1.54, 1.807) is 0 Å². The van der Waals surface area contributed by atoms with Crippen LogP contribution in [0.1, 0.15) is 29.6 Å². The number of rotatable bonds is 5. The third-order valence-corrected chi connectivity index (χ3v) is 3.67. The maximum absolute atomic E-state index is 12.0. The van der Waals surface area contributed by atoms with Crippen molar-refractivity contribution in [3.05, 3.63) is 38.9 Å². The van der Waals surface area contributed by atoms with E-state index in [4.69, 9.17) is 11.6 Å². The number of hydrogen-bond acceptors (Lipinski definition) is 4. The predicted molar refractivity (Wildman–Crippen MR) is 83.3 cm³/mol. The van der Waals surface area contributed by atoms with Crippen LogP contribution >= 0.6 is 24.0 Å². The van der Waals surface area contributed by atoms with Crippen LogP contribution in [0.15, 0.2) is 18.2 Å². The van der Waals surface area contributed by atoms with Crippen LogP contribution in [0.2, 0.25) is 5.02 Å². The standard InChI is InChI=1S/C13H16ClN3O3.ClH/c14-10-4-1-5-11(17(19)20)12(10)13(18)16-8-6-9-3-2-7-15-9;/h1,4-5,9,15H,2-3,6-8H2,(H,16,18);1H/t9-;/m1./s1. The molecule has 6 nitrogen and oxygen atoms in total. The fourth-order valence-electron chi connectivity index (χ4n) is 2.34. The number of nitrogens with one attached hydrogen (secondary N) is 2. The first-order valence-electron chi connectivity index (χ1n) is 6.54. The second kappa shape index (κ2) is 8.17. The Labute approximate surface area is 133 Å². The molecule has 1 amide bonds. The highest BCUT2D eigenvalue weighted by molar-refractivity contribution is 6.34. The molecule has 1 saturated heterocycles. The average molecular weight is 334 g/mol. The average Bonchev–Trinajstić information content (AvgIpc) is 2.91. The molecular weight excluding hydrogens is 317 g/mol. The largest absolute Gasteiger partial charge is 0.352 e. The van der Waals surface area contributed by atoms with Gasteiger partial charge in [-0.05, 0) is 31.9 Å². The number of nitro groups is 1. The van der Waals surface area contributed by atoms with E-state index in [0.717, 1.165) is 25.8 Å². The van der Waals surface area contributed by atoms with Gasteiger partial charge in [0.05, 0.1) is 9.95 Å². The Morgan fingerprint density at radius 2 is 2.29 bits per heavy atom. The zero-order valence-corrected chi connectivity index (χ0v) is 12.9. The highest BCUT2D eigenvalue weighted by atomic mass is 35.5. The Morgan fingerprint density at radius 1 is 1.52 bits per heavy atom. The summed E-state index contributed by atoms with van der Waals surface area (Å²) in [6.07, 6.45) is 3.06. The molecule has 0 aliphatic carbocycles. The van der Waals surface area contributed by atoms with Crippen molar-refractivity contribution in [2.75, 3.05) is 13.1 Å². The van der Waals surface area contributed by atoms with E-state index in [1.165, 1.54) is 18.2 Å². The summed E-state index contributed by atoms with van der Waals surface area (Å²) >= 11 is 5.90. The molecule has 1 aliphatic rings. The predicted octanol–water partition coefficient (Wildman–Crippen LogP) is 2.54. The van der Waals surface area contributed by atoms with Crippen LogP contribution in [-0.4, -0.2) is 30.0 Å². The molecule has 0 spiro atoms. The van der Waals surface area contributed by atoms with Crippen LogP contribution in [0.25, 0.3) is 0 Å². The maximum atomic E-state index is 12.0. The normalized spacial score (nSPS) is 17.1. The van der Waals surface area contributed by atoms with Crippen molar-refractivity contribution in [2.24, 2.45) is 0 Å². The molecule has 0 radical (unpaired) electrons. The number of carbonyl (C=O) groups excluding carboxylic acids is 1. The van der Waals surface area contributed by atoms with E-state index < -0.39 is 10.8 Å². The van der Waals surface area contributed by atoms with Crippen LogP contribution in [-0.2, 0) is 0 Å². The first-order chi connectivity index (χ1) is 9.59. The Hall–Kier alpha value is -1.37. The molecule has 116 valence electrons. The van der Waals surface area contributed by atoms with Gasteiger partial charge >= 0.3 is 0 Å². The lowest BCUT2D eigenvalue weighted by molar-refractivity contribution is -0.385. The summed E-state index contributed by atoms with van der Waals surface area (Å²) in [6.45, 7) is 1.48. The Kier molecular flexibility index (Phi) is 6.87. The van der Waals surface area contributed by atoms with Crippen molar-refractivity contribution in [3.8, 4) is 0 Å². The van der Waals surface area contributed by atoms with E-state index in [2.05, 4.69) is 10.6 Å². The first-order valence-corrected chi connectivity index (χ1v) is 6.92. The second-order valence-corrected chi connectivity index (χ2v) is 5.14. The van der Waals surface area contributed by atoms with Gasteiger partial charge in [0.1, 0.15) is 5.56 Å². The van der Waals surface area contributed by atoms with E-state index >= 15 is 0 Å². The quantitative estimate of drug-likeness (QED) is 0.640. The highest BCUT2D eigenvalue weighted by Gasteiger charge is 2.23. The number of benzene rings is 1. The zero-order chi connectivity index (χ0) is 14.5. The van der Waals surface area contributed by atoms with Crippen molar-refractivity contribution in [3.63, 3.8) is 0 Å². The highest BCUT2D eigenvalue weighted by Crippen LogP contribution is 2.25. The third-order valence-electron chi connectivity index (χ3n) is 3.36. The van der Waals surface area contributed by atoms with Crippen LogP contribution in [0.5, 0.6) is 0 Å². The minimum absolute atomic E-state index is 0. The van der Waals surface area contributed by atoms with Crippen LogP contribution in [0, 0.1) is 10.1 Å². The van der Waals surface area contributed by atoms with Gasteiger partial charge in [0.2, 0.25) is 0 Å². The van der Waals surface area contributed by atoms with Gasteiger partial charge in [-0.3, -0.25) is 14.9 Å². The number of carbonyl (C=O) groups is 1. The van der Waals surface area contributed by atoms with E-state index in [9.17, 15) is 14.9 Å². The Morgan fingerprint density at radius 3 is 2.90 bits per heavy atom. The van der Waals surface area contributed by atoms with Gasteiger partial charge in [0, 0.05) is 18.7 Å². The number of amides is 1. The first kappa shape index (κ1) is 17.7. The van der Waals surface area contributed by atoms with Crippen molar-refractivity contribution < 1.29 is 9.72 Å². The molecule has 1 aromatic rings. The molecule has 1 heterocycles. The molecule has 1 aliphatic heterocycles. The van der Waals surface area contributed by atoms with Crippen molar-refractivity contribution in [1.82, 2.24) is 10.6 Å². The lowest BCUT2D eigenvalue weighted by Crippen LogP contribution is -2.31. The molecule has 1 atom stereocenters. The van der Waals surface area contributed by atoms with E-state index in [0.29, 0.717) is 12.6 Å². The fraction of sp³-hybridized carbons (Fsp3) is 0.462. The number of nitro benzene ring substituents is 1. The summed E-state index contributed by atoms with van der Waals surface area (Å²) in [5.74, 6) is -0.500. The molecular formula is C13H17Cl2N3O3. The summed E-state index contributed by atoms with van der Waals surface area (Å²) in [7, 11) is 0. The van der Waals surface area contributed by atoms with Crippen molar-refractivity contribution in [2.45, 2.75) is 25.3 Å². The smallest absolute Gasteiger partial charge is 0.283 e. The third kappa shape index (κ3) is 4.56. The number of halogens is 2. The topological polar surface area (TPSA) is 84.3 Å². The SMILES string of the molecule is Cl.O=C(NCC[C@H]1CCCN1)c1c(Cl)cccc1[N+](=O)[O-]. The molecule has 0 aromatic heterocycles. The van der Waals surface area contributed by atoms with Gasteiger partial charge in [-0.25, -0.2) is 0 Å². The zero-order valence-electron chi connectivity index (χ0n) is 11.3. The number of hydrogen-bond donors (Lipinski definition) is 2. The van der Waals surface area contributed by atoms with Gasteiger partial charge in [-0.1, -0.05) is 17.7 Å².